The zero-order chi connectivity index (χ0) is 13.5. The van der Waals surface area contributed by atoms with E-state index in [1.807, 2.05) is 25.1 Å². The van der Waals surface area contributed by atoms with Crippen LogP contribution in [0.15, 0.2) is 22.7 Å². The summed E-state index contributed by atoms with van der Waals surface area (Å²) in [6, 6.07) is 5.79. The highest BCUT2D eigenvalue weighted by Crippen LogP contribution is 2.17. The highest BCUT2D eigenvalue weighted by atomic mass is 79.9. The lowest BCUT2D eigenvalue weighted by atomic mass is 10.1. The van der Waals surface area contributed by atoms with Crippen molar-refractivity contribution in [3.05, 3.63) is 33.8 Å². The van der Waals surface area contributed by atoms with Gasteiger partial charge in [-0.15, -0.1) is 0 Å². The summed E-state index contributed by atoms with van der Waals surface area (Å²) in [6.07, 6.45) is 0.848. The first-order valence-corrected chi connectivity index (χ1v) is 6.52. The van der Waals surface area contributed by atoms with Crippen LogP contribution >= 0.6 is 15.9 Å². The molecule has 0 saturated carbocycles. The van der Waals surface area contributed by atoms with E-state index in [-0.39, 0.29) is 12.3 Å². The van der Waals surface area contributed by atoms with Gasteiger partial charge in [0.1, 0.15) is 0 Å². The van der Waals surface area contributed by atoms with Gasteiger partial charge in [0.25, 0.3) is 0 Å². The number of benzene rings is 1. The number of carboxylic acid groups (broad SMARTS) is 1. The second-order valence-corrected chi connectivity index (χ2v) is 4.96. The van der Waals surface area contributed by atoms with E-state index in [2.05, 4.69) is 21.2 Å². The standard InChI is InChI=1S/C13H16BrNO3/c1-9-4-5-10(7-11(9)14)8-12(16)15-6-2-3-13(17)18/h4-5,7H,2-3,6,8H2,1H3,(H,15,16)(H,17,18). The molecule has 0 heterocycles. The highest BCUT2D eigenvalue weighted by Gasteiger charge is 2.05. The Morgan fingerprint density at radius 2 is 2.11 bits per heavy atom. The van der Waals surface area contributed by atoms with Crippen LogP contribution in [0.4, 0.5) is 0 Å². The van der Waals surface area contributed by atoms with Gasteiger partial charge in [0.05, 0.1) is 6.42 Å². The lowest BCUT2D eigenvalue weighted by Gasteiger charge is -2.06. The van der Waals surface area contributed by atoms with E-state index in [0.29, 0.717) is 19.4 Å². The first kappa shape index (κ1) is 14.7. The quantitative estimate of drug-likeness (QED) is 0.792. The zero-order valence-corrected chi connectivity index (χ0v) is 11.8. The van der Waals surface area contributed by atoms with Crippen LogP contribution in [0.5, 0.6) is 0 Å². The number of aryl methyl sites for hydroxylation is 1. The molecule has 0 aliphatic carbocycles. The van der Waals surface area contributed by atoms with Gasteiger partial charge < -0.3 is 10.4 Å². The number of carbonyl (C=O) groups is 2. The number of hydrogen-bond donors (Lipinski definition) is 2. The van der Waals surface area contributed by atoms with Gasteiger partial charge in [0, 0.05) is 17.4 Å². The predicted molar refractivity (Wildman–Crippen MR) is 72.5 cm³/mol. The fraction of sp³-hybridized carbons (Fsp3) is 0.385. The van der Waals surface area contributed by atoms with Gasteiger partial charge in [-0.05, 0) is 30.5 Å². The van der Waals surface area contributed by atoms with Crippen LogP contribution < -0.4 is 5.32 Å². The van der Waals surface area contributed by atoms with Crippen molar-refractivity contribution in [1.29, 1.82) is 0 Å². The van der Waals surface area contributed by atoms with Gasteiger partial charge in [-0.2, -0.15) is 0 Å². The molecule has 0 aromatic heterocycles. The van der Waals surface area contributed by atoms with Gasteiger partial charge in [-0.25, -0.2) is 0 Å². The third-order valence-corrected chi connectivity index (χ3v) is 3.34. The first-order valence-electron chi connectivity index (χ1n) is 5.72. The molecule has 0 radical (unpaired) electrons. The molecule has 0 aliphatic heterocycles. The van der Waals surface area contributed by atoms with E-state index in [0.717, 1.165) is 15.6 Å². The Kier molecular flexibility index (Phi) is 5.85. The molecule has 0 saturated heterocycles. The van der Waals surface area contributed by atoms with E-state index in [9.17, 15) is 9.59 Å². The monoisotopic (exact) mass is 313 g/mol. The molecule has 0 unspecified atom stereocenters. The molecule has 1 amide bonds. The van der Waals surface area contributed by atoms with Gasteiger partial charge in [0.15, 0.2) is 0 Å². The number of aliphatic carboxylic acids is 1. The molecule has 4 nitrogen and oxygen atoms in total. The summed E-state index contributed by atoms with van der Waals surface area (Å²) in [5.41, 5.74) is 2.06. The van der Waals surface area contributed by atoms with Crippen molar-refractivity contribution in [3.8, 4) is 0 Å². The molecule has 0 atom stereocenters. The molecule has 0 bridgehead atoms. The van der Waals surface area contributed by atoms with Crippen LogP contribution in [0.2, 0.25) is 0 Å². The summed E-state index contributed by atoms with van der Waals surface area (Å²) in [7, 11) is 0. The summed E-state index contributed by atoms with van der Waals surface area (Å²) >= 11 is 3.42. The smallest absolute Gasteiger partial charge is 0.303 e. The van der Waals surface area contributed by atoms with Crippen LogP contribution in [0.1, 0.15) is 24.0 Å². The van der Waals surface area contributed by atoms with Crippen molar-refractivity contribution in [2.24, 2.45) is 0 Å². The molecule has 0 fully saturated rings. The first-order chi connectivity index (χ1) is 8.49. The fourth-order valence-corrected chi connectivity index (χ4v) is 1.89. The van der Waals surface area contributed by atoms with E-state index in [4.69, 9.17) is 5.11 Å². The van der Waals surface area contributed by atoms with Gasteiger partial charge in [-0.3, -0.25) is 9.59 Å². The molecular weight excluding hydrogens is 298 g/mol. The van der Waals surface area contributed by atoms with Crippen molar-refractivity contribution >= 4 is 27.8 Å². The Morgan fingerprint density at radius 3 is 2.72 bits per heavy atom. The minimum Gasteiger partial charge on any atom is -0.481 e. The molecule has 2 N–H and O–H groups in total. The third-order valence-electron chi connectivity index (χ3n) is 2.49. The Morgan fingerprint density at radius 1 is 1.39 bits per heavy atom. The maximum absolute atomic E-state index is 11.6. The molecule has 0 spiro atoms. The van der Waals surface area contributed by atoms with Gasteiger partial charge >= 0.3 is 5.97 Å². The predicted octanol–water partition coefficient (Wildman–Crippen LogP) is 2.28. The van der Waals surface area contributed by atoms with Gasteiger partial charge in [-0.1, -0.05) is 28.1 Å². The molecule has 18 heavy (non-hydrogen) atoms. The average Bonchev–Trinajstić information content (AvgIpc) is 2.29. The van der Waals surface area contributed by atoms with Crippen LogP contribution in [0.3, 0.4) is 0 Å². The summed E-state index contributed by atoms with van der Waals surface area (Å²) in [4.78, 5) is 21.9. The number of amides is 1. The number of carboxylic acids is 1. The molecule has 5 heteroatoms. The Bertz CT molecular complexity index is 446. The third kappa shape index (κ3) is 5.31. The number of hydrogen-bond acceptors (Lipinski definition) is 2. The maximum Gasteiger partial charge on any atom is 0.303 e. The summed E-state index contributed by atoms with van der Waals surface area (Å²) in [5.74, 6) is -0.928. The van der Waals surface area contributed by atoms with Gasteiger partial charge in [0.2, 0.25) is 5.91 Å². The van der Waals surface area contributed by atoms with Crippen LogP contribution in [0, 0.1) is 6.92 Å². The molecule has 98 valence electrons. The fourth-order valence-electron chi connectivity index (χ4n) is 1.46. The highest BCUT2D eigenvalue weighted by molar-refractivity contribution is 9.10. The van der Waals surface area contributed by atoms with Crippen LogP contribution in [-0.2, 0) is 16.0 Å². The second-order valence-electron chi connectivity index (χ2n) is 4.11. The van der Waals surface area contributed by atoms with E-state index < -0.39 is 5.97 Å². The summed E-state index contributed by atoms with van der Waals surface area (Å²) in [5, 5.41) is 11.2. The number of nitrogens with one attached hydrogen (secondary N) is 1. The minimum absolute atomic E-state index is 0.0797. The Labute approximate surface area is 115 Å². The lowest BCUT2D eigenvalue weighted by molar-refractivity contribution is -0.137. The van der Waals surface area contributed by atoms with E-state index in [1.165, 1.54) is 0 Å². The lowest BCUT2D eigenvalue weighted by Crippen LogP contribution is -2.26. The number of rotatable bonds is 6. The number of halogens is 1. The number of carbonyl (C=O) groups excluding carboxylic acids is 1. The minimum atomic E-state index is -0.841. The normalized spacial score (nSPS) is 10.1. The van der Waals surface area contributed by atoms with Crippen molar-refractivity contribution < 1.29 is 14.7 Å². The van der Waals surface area contributed by atoms with Crippen LogP contribution in [-0.4, -0.2) is 23.5 Å². The largest absolute Gasteiger partial charge is 0.481 e. The Balaban J connectivity index is 2.35. The second kappa shape index (κ2) is 7.16. The zero-order valence-electron chi connectivity index (χ0n) is 10.2. The average molecular weight is 314 g/mol. The molecule has 1 aromatic carbocycles. The SMILES string of the molecule is Cc1ccc(CC(=O)NCCCC(=O)O)cc1Br. The molecule has 1 aromatic rings. The van der Waals surface area contributed by atoms with E-state index in [1.54, 1.807) is 0 Å². The summed E-state index contributed by atoms with van der Waals surface area (Å²) in [6.45, 7) is 2.39. The molecular formula is C13H16BrNO3. The van der Waals surface area contributed by atoms with Crippen LogP contribution in [0.25, 0.3) is 0 Å². The van der Waals surface area contributed by atoms with Crippen molar-refractivity contribution in [1.82, 2.24) is 5.32 Å². The van der Waals surface area contributed by atoms with E-state index >= 15 is 0 Å². The Hall–Kier alpha value is -1.36. The molecule has 0 aliphatic rings. The topological polar surface area (TPSA) is 66.4 Å². The van der Waals surface area contributed by atoms with Crippen molar-refractivity contribution in [2.45, 2.75) is 26.2 Å². The van der Waals surface area contributed by atoms with Crippen molar-refractivity contribution in [3.63, 3.8) is 0 Å². The van der Waals surface area contributed by atoms with Crippen molar-refractivity contribution in [2.75, 3.05) is 6.54 Å². The molecule has 1 rings (SSSR count). The summed E-state index contributed by atoms with van der Waals surface area (Å²) < 4.78 is 0.985. The maximum atomic E-state index is 11.6.